The summed E-state index contributed by atoms with van der Waals surface area (Å²) in [6.07, 6.45) is 3.10. The maximum absolute atomic E-state index is 11.6. The van der Waals surface area contributed by atoms with Crippen molar-refractivity contribution in [3.05, 3.63) is 18.2 Å². The van der Waals surface area contributed by atoms with Crippen molar-refractivity contribution in [1.82, 2.24) is 14.9 Å². The molecule has 5 heteroatoms. The molecule has 0 bridgehead atoms. The minimum absolute atomic E-state index is 0.118. The normalized spacial score (nSPS) is 13.2. The second-order valence-corrected chi connectivity index (χ2v) is 4.97. The molecule has 96 valence electrons. The Bertz CT molecular complexity index is 379. The number of imidazole rings is 1. The number of nitrogens with zero attached hydrogens (tertiary/aromatic N) is 2. The molecule has 0 fully saturated rings. The average Bonchev–Trinajstić information content (AvgIpc) is 2.61. The number of carbonyl (C=O) groups excluding carboxylic acids is 1. The molecule has 0 radical (unpaired) electrons. The summed E-state index contributed by atoms with van der Waals surface area (Å²) in [5, 5.41) is 2.79. The molecule has 1 atom stereocenters. The molecule has 0 aliphatic rings. The van der Waals surface area contributed by atoms with Gasteiger partial charge in [-0.1, -0.05) is 0 Å². The van der Waals surface area contributed by atoms with Crippen LogP contribution in [0.15, 0.2) is 12.5 Å². The minimum Gasteiger partial charge on any atom is -0.444 e. The summed E-state index contributed by atoms with van der Waals surface area (Å²) in [7, 11) is 0. The van der Waals surface area contributed by atoms with E-state index in [0.29, 0.717) is 0 Å². The maximum atomic E-state index is 11.6. The van der Waals surface area contributed by atoms with Crippen LogP contribution in [0.2, 0.25) is 0 Å². The number of aryl methyl sites for hydroxylation is 1. The highest BCUT2D eigenvalue weighted by Crippen LogP contribution is 2.13. The highest BCUT2D eigenvalue weighted by Gasteiger charge is 2.19. The smallest absolute Gasteiger partial charge is 0.408 e. The SMILES string of the molecule is CCn1cncc1[C@@H](C)NC(=O)OC(C)(C)C. The quantitative estimate of drug-likeness (QED) is 0.881. The molecule has 1 aromatic rings. The second kappa shape index (κ2) is 5.21. The minimum atomic E-state index is -0.477. The Morgan fingerprint density at radius 1 is 1.59 bits per heavy atom. The van der Waals surface area contributed by atoms with Crippen LogP contribution >= 0.6 is 0 Å². The van der Waals surface area contributed by atoms with Gasteiger partial charge in [0.1, 0.15) is 5.60 Å². The van der Waals surface area contributed by atoms with E-state index in [1.807, 2.05) is 39.2 Å². The van der Waals surface area contributed by atoms with Crippen LogP contribution in [-0.2, 0) is 11.3 Å². The predicted octanol–water partition coefficient (Wildman–Crippen LogP) is 2.49. The van der Waals surface area contributed by atoms with Crippen molar-refractivity contribution < 1.29 is 9.53 Å². The summed E-state index contributed by atoms with van der Waals surface area (Å²) in [5.74, 6) is 0. The lowest BCUT2D eigenvalue weighted by atomic mass is 10.2. The molecular weight excluding hydrogens is 218 g/mol. The van der Waals surface area contributed by atoms with E-state index >= 15 is 0 Å². The summed E-state index contributed by atoms with van der Waals surface area (Å²) >= 11 is 0. The van der Waals surface area contributed by atoms with Gasteiger partial charge in [-0.05, 0) is 34.6 Å². The van der Waals surface area contributed by atoms with Crippen LogP contribution in [-0.4, -0.2) is 21.2 Å². The molecule has 0 saturated carbocycles. The third-order valence-electron chi connectivity index (χ3n) is 2.26. The lowest BCUT2D eigenvalue weighted by molar-refractivity contribution is 0.0506. The van der Waals surface area contributed by atoms with Gasteiger partial charge < -0.3 is 14.6 Å². The molecule has 1 heterocycles. The third-order valence-corrected chi connectivity index (χ3v) is 2.26. The number of ether oxygens (including phenoxy) is 1. The van der Waals surface area contributed by atoms with Crippen molar-refractivity contribution in [1.29, 1.82) is 0 Å². The van der Waals surface area contributed by atoms with Gasteiger partial charge in [0, 0.05) is 6.54 Å². The van der Waals surface area contributed by atoms with Crippen LogP contribution in [0.5, 0.6) is 0 Å². The number of rotatable bonds is 3. The van der Waals surface area contributed by atoms with E-state index in [-0.39, 0.29) is 6.04 Å². The molecule has 0 unspecified atom stereocenters. The molecule has 0 spiro atoms. The maximum Gasteiger partial charge on any atom is 0.408 e. The number of nitrogens with one attached hydrogen (secondary N) is 1. The number of amides is 1. The van der Waals surface area contributed by atoms with Crippen molar-refractivity contribution in [2.45, 2.75) is 52.8 Å². The first-order valence-electron chi connectivity index (χ1n) is 5.83. The Balaban J connectivity index is 2.61. The molecule has 0 aliphatic heterocycles. The number of hydrogen-bond donors (Lipinski definition) is 1. The van der Waals surface area contributed by atoms with E-state index in [4.69, 9.17) is 4.74 Å². The van der Waals surface area contributed by atoms with Gasteiger partial charge in [-0.25, -0.2) is 9.78 Å². The highest BCUT2D eigenvalue weighted by molar-refractivity contribution is 5.68. The average molecular weight is 239 g/mol. The summed E-state index contributed by atoms with van der Waals surface area (Å²) < 4.78 is 7.19. The van der Waals surface area contributed by atoms with Crippen molar-refractivity contribution >= 4 is 6.09 Å². The summed E-state index contributed by atoms with van der Waals surface area (Å²) in [5.41, 5.74) is 0.493. The van der Waals surface area contributed by atoms with Crippen LogP contribution in [0.25, 0.3) is 0 Å². The molecule has 0 aliphatic carbocycles. The predicted molar refractivity (Wildman–Crippen MR) is 65.7 cm³/mol. The first-order chi connectivity index (χ1) is 7.83. The number of aromatic nitrogens is 2. The fourth-order valence-corrected chi connectivity index (χ4v) is 1.51. The van der Waals surface area contributed by atoms with Gasteiger partial charge in [0.25, 0.3) is 0 Å². The Labute approximate surface area is 102 Å². The van der Waals surface area contributed by atoms with Crippen LogP contribution in [0.1, 0.15) is 46.4 Å². The summed E-state index contributed by atoms with van der Waals surface area (Å²) in [6.45, 7) is 10.3. The lowest BCUT2D eigenvalue weighted by Gasteiger charge is -2.22. The van der Waals surface area contributed by atoms with E-state index in [0.717, 1.165) is 12.2 Å². The second-order valence-electron chi connectivity index (χ2n) is 4.97. The third kappa shape index (κ3) is 4.09. The summed E-state index contributed by atoms with van der Waals surface area (Å²) in [6, 6.07) is -0.118. The monoisotopic (exact) mass is 239 g/mol. The van der Waals surface area contributed by atoms with E-state index in [1.54, 1.807) is 12.5 Å². The van der Waals surface area contributed by atoms with Crippen molar-refractivity contribution in [2.75, 3.05) is 0 Å². The van der Waals surface area contributed by atoms with E-state index in [1.165, 1.54) is 0 Å². The lowest BCUT2D eigenvalue weighted by Crippen LogP contribution is -2.34. The van der Waals surface area contributed by atoms with Crippen LogP contribution in [0, 0.1) is 0 Å². The Morgan fingerprint density at radius 2 is 2.24 bits per heavy atom. The largest absolute Gasteiger partial charge is 0.444 e. The van der Waals surface area contributed by atoms with Gasteiger partial charge in [-0.15, -0.1) is 0 Å². The fourth-order valence-electron chi connectivity index (χ4n) is 1.51. The first-order valence-corrected chi connectivity index (χ1v) is 5.83. The van der Waals surface area contributed by atoms with Gasteiger partial charge in [0.15, 0.2) is 0 Å². The van der Waals surface area contributed by atoms with Gasteiger partial charge >= 0.3 is 6.09 Å². The summed E-state index contributed by atoms with van der Waals surface area (Å²) in [4.78, 5) is 15.7. The zero-order valence-electron chi connectivity index (χ0n) is 11.2. The van der Waals surface area contributed by atoms with Gasteiger partial charge in [-0.2, -0.15) is 0 Å². The first kappa shape index (κ1) is 13.5. The highest BCUT2D eigenvalue weighted by atomic mass is 16.6. The molecule has 5 nitrogen and oxygen atoms in total. The fraction of sp³-hybridized carbons (Fsp3) is 0.667. The number of alkyl carbamates (subject to hydrolysis) is 1. The standard InChI is InChI=1S/C12H21N3O2/c1-6-15-8-13-7-10(15)9(2)14-11(16)17-12(3,4)5/h7-9H,6H2,1-5H3,(H,14,16)/t9-/m1/s1. The van der Waals surface area contributed by atoms with E-state index in [2.05, 4.69) is 10.3 Å². The zero-order valence-corrected chi connectivity index (χ0v) is 11.2. The number of hydrogen-bond acceptors (Lipinski definition) is 3. The molecule has 0 aromatic carbocycles. The van der Waals surface area contributed by atoms with Crippen LogP contribution in [0.4, 0.5) is 4.79 Å². The zero-order chi connectivity index (χ0) is 13.1. The Morgan fingerprint density at radius 3 is 2.76 bits per heavy atom. The molecule has 1 N–H and O–H groups in total. The van der Waals surface area contributed by atoms with E-state index < -0.39 is 11.7 Å². The molecular formula is C12H21N3O2. The van der Waals surface area contributed by atoms with Crippen molar-refractivity contribution in [2.24, 2.45) is 0 Å². The van der Waals surface area contributed by atoms with Crippen LogP contribution in [0.3, 0.4) is 0 Å². The number of carbonyl (C=O) groups is 1. The van der Waals surface area contributed by atoms with Gasteiger partial charge in [0.2, 0.25) is 0 Å². The molecule has 0 saturated heterocycles. The van der Waals surface area contributed by atoms with Gasteiger partial charge in [-0.3, -0.25) is 0 Å². The molecule has 1 amide bonds. The van der Waals surface area contributed by atoms with E-state index in [9.17, 15) is 4.79 Å². The molecule has 1 rings (SSSR count). The topological polar surface area (TPSA) is 56.2 Å². The molecule has 17 heavy (non-hydrogen) atoms. The molecule has 1 aromatic heterocycles. The van der Waals surface area contributed by atoms with Gasteiger partial charge in [0.05, 0.1) is 24.3 Å². The van der Waals surface area contributed by atoms with Crippen LogP contribution < -0.4 is 5.32 Å². The Kier molecular flexibility index (Phi) is 4.15. The van der Waals surface area contributed by atoms with Crippen molar-refractivity contribution in [3.63, 3.8) is 0 Å². The van der Waals surface area contributed by atoms with Crippen molar-refractivity contribution in [3.8, 4) is 0 Å². The Hall–Kier alpha value is -1.52.